The summed E-state index contributed by atoms with van der Waals surface area (Å²) in [4.78, 5) is 200. The van der Waals surface area contributed by atoms with Gasteiger partial charge in [-0.25, -0.2) is 4.79 Å². The number of unbranched alkanes of at least 4 members (excludes halogenated alkanes) is 1. The minimum absolute atomic E-state index is 0.0226. The number of rotatable bonds is 45. The molecule has 0 heterocycles. The molecule has 39 heteroatoms. The molecule has 0 aliphatic heterocycles. The van der Waals surface area contributed by atoms with Gasteiger partial charge >= 0.3 is 17.9 Å². The van der Waals surface area contributed by atoms with Gasteiger partial charge in [0.05, 0.1) is 51.9 Å². The van der Waals surface area contributed by atoms with Crippen LogP contribution in [0.2, 0.25) is 0 Å². The molecule has 532 valence electrons. The lowest BCUT2D eigenvalue weighted by Gasteiger charge is -2.29. The molecular weight excluding hydrogens is 1260 g/mol. The Morgan fingerprint density at radius 1 is 0.442 bits per heavy atom. The standard InChI is InChI=1S/C56H91N17O22/c1-26(2)42(71-51(90)37(25-76)68-47(86)33(19-40(80)81)64-38(78)21-58)52(91)65-30(14-9-10-16-57)45(84)62-22-39(79)63-31(15-11-17-61-56(59)60)46(85)66-32(18-29-12-7-6-8-13-29)48(87)73-44(28(5)77)54(93)72-43(27(3)4)53(92)70-36(24-75)50(89)69-35(23-74)49(88)67-34(55(94)95)20-41(82)83/h6-8,12-13,26-28,30-37,42-44,74-77H,9-11,14-25,57-58H2,1-5H3,(H,62,84)(H,63,79)(H,64,78)(H,65,91)(H,66,85)(H,67,88)(H,68,86)(H,69,89)(H,70,92)(H,71,90)(H,72,93)(H,73,87)(H,80,81)(H,82,83)(H,94,95)(H4,59,60,61)/t28-,30+,31+,32+,33+,34+,35+,36+,37+,42+,43+,44+/m1/s1. The van der Waals surface area contributed by atoms with Gasteiger partial charge in [0.25, 0.3) is 0 Å². The van der Waals surface area contributed by atoms with Crippen LogP contribution < -0.4 is 86.7 Å². The van der Waals surface area contributed by atoms with Crippen molar-refractivity contribution in [3.8, 4) is 0 Å². The van der Waals surface area contributed by atoms with Crippen molar-refractivity contribution < 1.29 is 108 Å². The third-order valence-electron chi connectivity index (χ3n) is 13.7. The summed E-state index contributed by atoms with van der Waals surface area (Å²) in [5, 5.41) is 95.6. The van der Waals surface area contributed by atoms with E-state index in [0.29, 0.717) is 12.0 Å². The van der Waals surface area contributed by atoms with E-state index in [2.05, 4.69) is 58.2 Å². The fourth-order valence-corrected chi connectivity index (χ4v) is 8.56. The molecule has 0 spiro atoms. The molecule has 0 saturated heterocycles. The third-order valence-corrected chi connectivity index (χ3v) is 13.7. The molecule has 0 unspecified atom stereocenters. The third kappa shape index (κ3) is 31.2. The van der Waals surface area contributed by atoms with Gasteiger partial charge < -0.3 is 122 Å². The quantitative estimate of drug-likeness (QED) is 0.0164. The fraction of sp³-hybridized carbons (Fsp3) is 0.607. The lowest BCUT2D eigenvalue weighted by Crippen LogP contribution is -2.63. The summed E-state index contributed by atoms with van der Waals surface area (Å²) in [5.74, 6) is -19.9. The van der Waals surface area contributed by atoms with Crippen molar-refractivity contribution in [2.24, 2.45) is 39.8 Å². The van der Waals surface area contributed by atoms with Crippen molar-refractivity contribution in [1.82, 2.24) is 63.8 Å². The van der Waals surface area contributed by atoms with Gasteiger partial charge in [-0.15, -0.1) is 0 Å². The van der Waals surface area contributed by atoms with Crippen LogP contribution in [0.25, 0.3) is 0 Å². The molecule has 0 saturated carbocycles. The Bertz CT molecular complexity index is 2830. The van der Waals surface area contributed by atoms with Crippen LogP contribution in [0.15, 0.2) is 35.3 Å². The number of amides is 12. The SMILES string of the molecule is CC(C)[C@H](NC(=O)[C@H](CO)NC(=O)[C@H](CC(=O)O)NC(=O)CN)C(=O)N[C@@H](CCCCN)C(=O)NCC(=O)N[C@@H](CCCN=C(N)N)C(=O)N[C@@H](Cc1ccccc1)C(=O)N[C@H](C(=O)N[C@H](C(=O)N[C@@H](CO)C(=O)N[C@@H](CO)C(=O)N[C@@H](CC(=O)O)C(=O)O)C(C)C)[C@@H](C)O. The second kappa shape index (κ2) is 43.2. The van der Waals surface area contributed by atoms with E-state index in [1.54, 1.807) is 30.3 Å². The molecule has 12 amide bonds. The van der Waals surface area contributed by atoms with Crippen molar-refractivity contribution in [3.05, 3.63) is 35.9 Å². The number of carboxylic acids is 3. The highest BCUT2D eigenvalue weighted by molar-refractivity contribution is 6.00. The first kappa shape index (κ1) is 83.3. The maximum Gasteiger partial charge on any atom is 0.326 e. The zero-order valence-electron chi connectivity index (χ0n) is 53.1. The highest BCUT2D eigenvalue weighted by atomic mass is 16.4. The Balaban J connectivity index is 3.48. The number of hydrogen-bond acceptors (Lipinski definition) is 22. The number of nitrogens with zero attached hydrogens (tertiary/aromatic N) is 1. The first-order valence-electron chi connectivity index (χ1n) is 29.9. The fourth-order valence-electron chi connectivity index (χ4n) is 8.56. The molecular formula is C56H91N17O22. The molecule has 1 aromatic carbocycles. The van der Waals surface area contributed by atoms with E-state index in [0.717, 1.165) is 6.92 Å². The highest BCUT2D eigenvalue weighted by Gasteiger charge is 2.38. The Morgan fingerprint density at radius 3 is 1.29 bits per heavy atom. The maximum absolute atomic E-state index is 14.3. The topological polar surface area (TPSA) is 658 Å². The summed E-state index contributed by atoms with van der Waals surface area (Å²) < 4.78 is 0. The highest BCUT2D eigenvalue weighted by Crippen LogP contribution is 2.11. The predicted octanol–water partition coefficient (Wildman–Crippen LogP) is -10.5. The smallest absolute Gasteiger partial charge is 0.326 e. The van der Waals surface area contributed by atoms with Gasteiger partial charge in [-0.05, 0) is 63.0 Å². The number of hydrogen-bond donors (Lipinski definition) is 23. The minimum Gasteiger partial charge on any atom is -0.481 e. The molecule has 0 aliphatic carbocycles. The van der Waals surface area contributed by atoms with Crippen LogP contribution in [0.4, 0.5) is 0 Å². The van der Waals surface area contributed by atoms with E-state index < -0.39 is 219 Å². The van der Waals surface area contributed by atoms with Crippen LogP contribution in [0, 0.1) is 11.8 Å². The molecule has 1 aromatic rings. The van der Waals surface area contributed by atoms with Gasteiger partial charge in [0, 0.05) is 13.0 Å². The summed E-state index contributed by atoms with van der Waals surface area (Å²) in [6, 6.07) is -10.8. The Kier molecular flexibility index (Phi) is 37.9. The van der Waals surface area contributed by atoms with Crippen LogP contribution in [0.1, 0.15) is 85.1 Å². The summed E-state index contributed by atoms with van der Waals surface area (Å²) in [6.07, 6.45) is -3.68. The van der Waals surface area contributed by atoms with Crippen LogP contribution in [-0.4, -0.2) is 249 Å². The zero-order chi connectivity index (χ0) is 72.2. The van der Waals surface area contributed by atoms with E-state index in [1.165, 1.54) is 27.7 Å². The number of aliphatic carboxylic acids is 3. The number of carbonyl (C=O) groups excluding carboxylic acids is 12. The number of benzene rings is 1. The van der Waals surface area contributed by atoms with Crippen LogP contribution in [0.3, 0.4) is 0 Å². The van der Waals surface area contributed by atoms with Gasteiger partial charge in [-0.2, -0.15) is 0 Å². The molecule has 0 aliphatic rings. The molecule has 27 N–H and O–H groups in total. The van der Waals surface area contributed by atoms with E-state index >= 15 is 0 Å². The first-order valence-corrected chi connectivity index (χ1v) is 29.9. The molecule has 0 fully saturated rings. The van der Waals surface area contributed by atoms with Gasteiger partial charge in [-0.1, -0.05) is 58.0 Å². The molecule has 0 aromatic heterocycles. The van der Waals surface area contributed by atoms with Gasteiger partial charge in [0.15, 0.2) is 5.96 Å². The maximum atomic E-state index is 14.3. The Labute approximate surface area is 545 Å². The van der Waals surface area contributed by atoms with E-state index in [9.17, 15) is 103 Å². The monoisotopic (exact) mass is 1350 g/mol. The molecule has 0 bridgehead atoms. The zero-order valence-corrected chi connectivity index (χ0v) is 53.1. The second-order valence-corrected chi connectivity index (χ2v) is 22.2. The molecule has 1 rings (SSSR count). The summed E-state index contributed by atoms with van der Waals surface area (Å²) in [5.41, 5.74) is 22.4. The van der Waals surface area contributed by atoms with E-state index in [-0.39, 0.29) is 51.2 Å². The predicted molar refractivity (Wildman–Crippen MR) is 331 cm³/mol. The Morgan fingerprint density at radius 2 is 0.832 bits per heavy atom. The largest absolute Gasteiger partial charge is 0.481 e. The molecule has 0 radical (unpaired) electrons. The lowest BCUT2D eigenvalue weighted by molar-refractivity contribution is -0.147. The Hall–Kier alpha value is -9.70. The summed E-state index contributed by atoms with van der Waals surface area (Å²) in [6.45, 7) is 2.25. The van der Waals surface area contributed by atoms with Crippen molar-refractivity contribution >= 4 is 94.8 Å². The minimum atomic E-state index is -1.98. The van der Waals surface area contributed by atoms with Crippen molar-refractivity contribution in [1.29, 1.82) is 0 Å². The number of aliphatic hydroxyl groups excluding tert-OH is 4. The number of carboxylic acid groups (broad SMARTS) is 3. The van der Waals surface area contributed by atoms with Crippen LogP contribution in [-0.2, 0) is 78.3 Å². The van der Waals surface area contributed by atoms with Crippen molar-refractivity contribution in [2.45, 2.75) is 159 Å². The number of aliphatic hydroxyl groups is 4. The number of carbonyl (C=O) groups is 15. The number of nitrogens with two attached hydrogens (primary N) is 4. The van der Waals surface area contributed by atoms with Crippen LogP contribution >= 0.6 is 0 Å². The van der Waals surface area contributed by atoms with Gasteiger partial charge in [0.2, 0.25) is 70.9 Å². The van der Waals surface area contributed by atoms with Gasteiger partial charge in [-0.3, -0.25) is 72.1 Å². The molecule has 95 heavy (non-hydrogen) atoms. The normalized spacial score (nSPS) is 14.8. The molecule has 12 atom stereocenters. The van der Waals surface area contributed by atoms with Crippen molar-refractivity contribution in [3.63, 3.8) is 0 Å². The van der Waals surface area contributed by atoms with Gasteiger partial charge in [0.1, 0.15) is 66.5 Å². The second-order valence-electron chi connectivity index (χ2n) is 22.2. The number of guanidine groups is 1. The number of aliphatic imine (C=N–C) groups is 1. The average molecular weight is 1350 g/mol. The lowest BCUT2D eigenvalue weighted by atomic mass is 10.0. The summed E-state index contributed by atoms with van der Waals surface area (Å²) >= 11 is 0. The average Bonchev–Trinajstić information content (AvgIpc) is 1.05. The molecule has 39 nitrogen and oxygen atoms in total. The summed E-state index contributed by atoms with van der Waals surface area (Å²) in [7, 11) is 0. The van der Waals surface area contributed by atoms with Crippen molar-refractivity contribution in [2.75, 3.05) is 46.0 Å². The van der Waals surface area contributed by atoms with E-state index in [4.69, 9.17) is 28.0 Å². The van der Waals surface area contributed by atoms with E-state index in [1.807, 2.05) is 10.6 Å². The first-order chi connectivity index (χ1) is 44.6. The van der Waals surface area contributed by atoms with Crippen LogP contribution in [0.5, 0.6) is 0 Å². The number of nitrogens with one attached hydrogen (secondary N) is 12.